The van der Waals surface area contributed by atoms with Gasteiger partial charge in [-0.2, -0.15) is 0 Å². The number of anilines is 2. The van der Waals surface area contributed by atoms with Crippen LogP contribution in [0.2, 0.25) is 10.0 Å². The van der Waals surface area contributed by atoms with Crippen LogP contribution in [0.15, 0.2) is 54.7 Å². The summed E-state index contributed by atoms with van der Waals surface area (Å²) in [5.41, 5.74) is 7.35. The molecular formula is C27H29Cl2N5O3. The number of hydrogen-bond acceptors (Lipinski definition) is 6. The number of benzene rings is 2. The molecule has 0 atom stereocenters. The number of carbonyl (C=O) groups excluding carboxylic acids is 2. The van der Waals surface area contributed by atoms with Gasteiger partial charge in [-0.3, -0.25) is 9.59 Å². The van der Waals surface area contributed by atoms with Gasteiger partial charge in [0.15, 0.2) is 0 Å². The Morgan fingerprint density at radius 3 is 2.35 bits per heavy atom. The van der Waals surface area contributed by atoms with Crippen molar-refractivity contribution in [3.8, 4) is 5.75 Å². The Balaban J connectivity index is 1.61. The highest BCUT2D eigenvalue weighted by Gasteiger charge is 2.24. The molecule has 0 spiro atoms. The number of nitrogens with two attached hydrogens (primary N) is 1. The Hall–Kier alpha value is -3.17. The first-order valence-corrected chi connectivity index (χ1v) is 12.7. The maximum atomic E-state index is 13.5. The number of piperidine rings is 1. The second-order valence-electron chi connectivity index (χ2n) is 9.46. The van der Waals surface area contributed by atoms with Crippen molar-refractivity contribution in [3.63, 3.8) is 0 Å². The van der Waals surface area contributed by atoms with E-state index in [2.05, 4.69) is 20.9 Å². The van der Waals surface area contributed by atoms with Gasteiger partial charge in [0.05, 0.1) is 21.8 Å². The van der Waals surface area contributed by atoms with Crippen molar-refractivity contribution in [2.45, 2.75) is 38.3 Å². The number of carbonyl (C=O) groups is 2. The van der Waals surface area contributed by atoms with Gasteiger partial charge in [-0.1, -0.05) is 29.3 Å². The standard InChI is InChI=1S/C27H29Cl2N5O3/c1-27(2,30)16-3-6-20(23(13-16)37-19-9-11-31-12-10-19)25(35)33-22-7-4-17(28)14-21(22)26(36)34-24-8-5-18(29)15-32-24/h3-8,13-15,19,31H,9-12,30H2,1-2H3,(H,33,35)(H,32,34,36). The van der Waals surface area contributed by atoms with Gasteiger partial charge in [0.25, 0.3) is 11.8 Å². The maximum Gasteiger partial charge on any atom is 0.259 e. The first-order valence-electron chi connectivity index (χ1n) is 11.9. The van der Waals surface area contributed by atoms with Gasteiger partial charge >= 0.3 is 0 Å². The van der Waals surface area contributed by atoms with Crippen LogP contribution in [0.3, 0.4) is 0 Å². The van der Waals surface area contributed by atoms with Crippen LogP contribution in [0.25, 0.3) is 0 Å². The zero-order valence-electron chi connectivity index (χ0n) is 20.6. The summed E-state index contributed by atoms with van der Waals surface area (Å²) in [5, 5.41) is 9.63. The molecular weight excluding hydrogens is 513 g/mol. The Morgan fingerprint density at radius 2 is 1.68 bits per heavy atom. The van der Waals surface area contributed by atoms with Gasteiger partial charge in [-0.25, -0.2) is 4.98 Å². The molecule has 10 heteroatoms. The lowest BCUT2D eigenvalue weighted by atomic mass is 9.94. The number of aromatic nitrogens is 1. The first-order chi connectivity index (χ1) is 17.6. The molecule has 1 aliphatic heterocycles. The summed E-state index contributed by atoms with van der Waals surface area (Å²) in [6, 6.07) is 13.2. The van der Waals surface area contributed by atoms with E-state index in [0.29, 0.717) is 27.2 Å². The van der Waals surface area contributed by atoms with Gasteiger partial charge < -0.3 is 26.4 Å². The summed E-state index contributed by atoms with van der Waals surface area (Å²) in [6.45, 7) is 5.48. The van der Waals surface area contributed by atoms with Crippen LogP contribution in [0, 0.1) is 0 Å². The van der Waals surface area contributed by atoms with Crippen LogP contribution >= 0.6 is 23.2 Å². The number of hydrogen-bond donors (Lipinski definition) is 4. The van der Waals surface area contributed by atoms with E-state index in [9.17, 15) is 9.59 Å². The van der Waals surface area contributed by atoms with Crippen LogP contribution < -0.4 is 26.4 Å². The van der Waals surface area contributed by atoms with Crippen LogP contribution in [-0.2, 0) is 5.54 Å². The predicted octanol–water partition coefficient (Wildman–Crippen LogP) is 5.22. The van der Waals surface area contributed by atoms with Crippen molar-refractivity contribution < 1.29 is 14.3 Å². The molecule has 5 N–H and O–H groups in total. The van der Waals surface area contributed by atoms with E-state index in [4.69, 9.17) is 33.7 Å². The third-order valence-corrected chi connectivity index (χ3v) is 6.45. The summed E-state index contributed by atoms with van der Waals surface area (Å²) in [5.74, 6) is -0.152. The second kappa shape index (κ2) is 11.5. The number of amides is 2. The molecule has 0 unspecified atom stereocenters. The van der Waals surface area contributed by atoms with E-state index >= 15 is 0 Å². The Labute approximate surface area is 225 Å². The molecule has 2 aromatic carbocycles. The lowest BCUT2D eigenvalue weighted by Crippen LogP contribution is -2.35. The highest BCUT2D eigenvalue weighted by Crippen LogP contribution is 2.30. The molecule has 1 fully saturated rings. The first kappa shape index (κ1) is 26.9. The van der Waals surface area contributed by atoms with Gasteiger partial charge in [0.2, 0.25) is 0 Å². The SMILES string of the molecule is CC(C)(N)c1ccc(C(=O)Nc2ccc(Cl)cc2C(=O)Nc2ccc(Cl)cn2)c(OC2CCNCC2)c1. The van der Waals surface area contributed by atoms with E-state index in [-0.39, 0.29) is 17.4 Å². The van der Waals surface area contributed by atoms with Crippen molar-refractivity contribution in [3.05, 3.63) is 81.5 Å². The molecule has 1 aliphatic rings. The molecule has 3 aromatic rings. The molecule has 2 heterocycles. The number of pyridine rings is 1. The fourth-order valence-corrected chi connectivity index (χ4v) is 4.22. The zero-order chi connectivity index (χ0) is 26.6. The van der Waals surface area contributed by atoms with Crippen LogP contribution in [-0.4, -0.2) is 36.0 Å². The minimum atomic E-state index is -0.613. The highest BCUT2D eigenvalue weighted by molar-refractivity contribution is 6.31. The molecule has 1 aromatic heterocycles. The monoisotopic (exact) mass is 541 g/mol. The molecule has 0 aliphatic carbocycles. The van der Waals surface area contributed by atoms with E-state index in [1.54, 1.807) is 30.3 Å². The van der Waals surface area contributed by atoms with E-state index < -0.39 is 17.4 Å². The van der Waals surface area contributed by atoms with Crippen molar-refractivity contribution in [2.75, 3.05) is 23.7 Å². The number of ether oxygens (including phenoxy) is 1. The van der Waals surface area contributed by atoms with Crippen LogP contribution in [0.5, 0.6) is 5.75 Å². The molecule has 4 rings (SSSR count). The minimum Gasteiger partial charge on any atom is -0.489 e. The number of rotatable bonds is 7. The molecule has 194 valence electrons. The van der Waals surface area contributed by atoms with Crippen molar-refractivity contribution in [1.82, 2.24) is 10.3 Å². The second-order valence-corrected chi connectivity index (χ2v) is 10.3. The molecule has 1 saturated heterocycles. The van der Waals surface area contributed by atoms with E-state index in [1.807, 2.05) is 26.0 Å². The summed E-state index contributed by atoms with van der Waals surface area (Å²) in [7, 11) is 0. The summed E-state index contributed by atoms with van der Waals surface area (Å²) in [4.78, 5) is 30.6. The molecule has 37 heavy (non-hydrogen) atoms. The summed E-state index contributed by atoms with van der Waals surface area (Å²) >= 11 is 12.0. The van der Waals surface area contributed by atoms with Gasteiger partial charge in [0, 0.05) is 16.8 Å². The molecule has 0 saturated carbocycles. The van der Waals surface area contributed by atoms with E-state index in [0.717, 1.165) is 31.5 Å². The van der Waals surface area contributed by atoms with Crippen molar-refractivity contribution in [2.24, 2.45) is 5.73 Å². The zero-order valence-corrected chi connectivity index (χ0v) is 22.1. The Bertz CT molecular complexity index is 1290. The fraction of sp³-hybridized carbons (Fsp3) is 0.296. The fourth-order valence-electron chi connectivity index (χ4n) is 3.94. The highest BCUT2D eigenvalue weighted by atomic mass is 35.5. The molecule has 2 amide bonds. The third-order valence-electron chi connectivity index (χ3n) is 5.99. The van der Waals surface area contributed by atoms with Gasteiger partial charge in [-0.15, -0.1) is 0 Å². The molecule has 8 nitrogen and oxygen atoms in total. The van der Waals surface area contributed by atoms with Gasteiger partial charge in [0.1, 0.15) is 17.7 Å². The average Bonchev–Trinajstić information content (AvgIpc) is 2.86. The minimum absolute atomic E-state index is 0.0207. The van der Waals surface area contributed by atoms with Gasteiger partial charge in [-0.05, 0) is 87.8 Å². The summed E-state index contributed by atoms with van der Waals surface area (Å²) in [6.07, 6.45) is 3.07. The topological polar surface area (TPSA) is 118 Å². The Kier molecular flexibility index (Phi) is 8.34. The number of nitrogens with zero attached hydrogens (tertiary/aromatic N) is 1. The maximum absolute atomic E-state index is 13.5. The van der Waals surface area contributed by atoms with E-state index in [1.165, 1.54) is 12.3 Å². The molecule has 0 bridgehead atoms. The quantitative estimate of drug-likeness (QED) is 0.325. The van der Waals surface area contributed by atoms with Crippen LogP contribution in [0.4, 0.5) is 11.5 Å². The molecule has 0 radical (unpaired) electrons. The van der Waals surface area contributed by atoms with Crippen molar-refractivity contribution in [1.29, 1.82) is 0 Å². The van der Waals surface area contributed by atoms with Crippen LogP contribution in [0.1, 0.15) is 53.0 Å². The average molecular weight is 542 g/mol. The third kappa shape index (κ3) is 6.99. The predicted molar refractivity (Wildman–Crippen MR) is 147 cm³/mol. The normalized spacial score (nSPS) is 14.2. The summed E-state index contributed by atoms with van der Waals surface area (Å²) < 4.78 is 6.29. The smallest absolute Gasteiger partial charge is 0.259 e. The largest absolute Gasteiger partial charge is 0.489 e. The lowest BCUT2D eigenvalue weighted by Gasteiger charge is -2.27. The number of nitrogens with one attached hydrogen (secondary N) is 3. The number of halogens is 2. The Morgan fingerprint density at radius 1 is 0.973 bits per heavy atom. The lowest BCUT2D eigenvalue weighted by molar-refractivity contribution is 0.101. The van der Waals surface area contributed by atoms with Crippen molar-refractivity contribution >= 4 is 46.5 Å².